The van der Waals surface area contributed by atoms with Gasteiger partial charge >= 0.3 is 0 Å². The summed E-state index contributed by atoms with van der Waals surface area (Å²) >= 11 is 0. The van der Waals surface area contributed by atoms with Gasteiger partial charge in [-0.1, -0.05) is 116 Å². The zero-order chi connectivity index (χ0) is 16.1. The average Bonchev–Trinajstić information content (AvgIpc) is 2.54. The van der Waals surface area contributed by atoms with Gasteiger partial charge in [-0.05, 0) is 25.7 Å². The van der Waals surface area contributed by atoms with Gasteiger partial charge in [-0.25, -0.2) is 0 Å². The van der Waals surface area contributed by atoms with Crippen LogP contribution in [-0.2, 0) is 0 Å². The van der Waals surface area contributed by atoms with Gasteiger partial charge in [0, 0.05) is 0 Å². The second-order valence-electron chi connectivity index (χ2n) is 6.85. The van der Waals surface area contributed by atoms with Gasteiger partial charge < -0.3 is 0 Å². The highest BCUT2D eigenvalue weighted by atomic mass is 14.0. The zero-order valence-electron chi connectivity index (χ0n) is 15.6. The van der Waals surface area contributed by atoms with Crippen LogP contribution in [-0.4, -0.2) is 0 Å². The normalized spacial score (nSPS) is 11.5. The van der Waals surface area contributed by atoms with Crippen LogP contribution in [0.15, 0.2) is 12.2 Å². The lowest BCUT2D eigenvalue weighted by atomic mass is 10.0. The van der Waals surface area contributed by atoms with E-state index in [1.165, 1.54) is 109 Å². The van der Waals surface area contributed by atoms with Crippen molar-refractivity contribution in [3.8, 4) is 0 Å². The van der Waals surface area contributed by atoms with E-state index in [0.717, 1.165) is 6.42 Å². The summed E-state index contributed by atoms with van der Waals surface area (Å²) in [7, 11) is 0. The van der Waals surface area contributed by atoms with E-state index in [-0.39, 0.29) is 0 Å². The first-order valence-electron chi connectivity index (χ1n) is 10.4. The Kier molecular flexibility index (Phi) is 20.5. The molecule has 0 aromatic carbocycles. The molecule has 0 unspecified atom stereocenters. The van der Waals surface area contributed by atoms with E-state index in [0.29, 0.717) is 0 Å². The lowest BCUT2D eigenvalue weighted by Gasteiger charge is -2.02. The van der Waals surface area contributed by atoms with Gasteiger partial charge in [0.05, 0.1) is 0 Å². The third kappa shape index (κ3) is 19.7. The Hall–Kier alpha value is -0.260. The first kappa shape index (κ1) is 21.7. The van der Waals surface area contributed by atoms with E-state index in [1.807, 2.05) is 0 Å². The second-order valence-corrected chi connectivity index (χ2v) is 6.85. The Labute approximate surface area is 142 Å². The van der Waals surface area contributed by atoms with Crippen LogP contribution < -0.4 is 0 Å². The number of unbranched alkanes of at least 4 members (excludes halogenated alkanes) is 16. The number of hydrogen-bond acceptors (Lipinski definition) is 0. The molecule has 0 saturated carbocycles. The Morgan fingerprint density at radius 2 is 0.864 bits per heavy atom. The minimum atomic E-state index is 1.12. The SMILES string of the molecule is [CH2]CCCCCCCCCCCCCCC=CCCCCC. The predicted molar refractivity (Wildman–Crippen MR) is 103 cm³/mol. The molecule has 0 fully saturated rings. The van der Waals surface area contributed by atoms with Crippen LogP contribution in [0.25, 0.3) is 0 Å². The lowest BCUT2D eigenvalue weighted by Crippen LogP contribution is -1.82. The van der Waals surface area contributed by atoms with Crippen LogP contribution in [0.5, 0.6) is 0 Å². The molecule has 0 atom stereocenters. The fourth-order valence-corrected chi connectivity index (χ4v) is 2.95. The van der Waals surface area contributed by atoms with Crippen molar-refractivity contribution < 1.29 is 0 Å². The topological polar surface area (TPSA) is 0 Å². The van der Waals surface area contributed by atoms with Crippen molar-refractivity contribution >= 4 is 0 Å². The van der Waals surface area contributed by atoms with Crippen molar-refractivity contribution in [2.24, 2.45) is 0 Å². The summed E-state index contributed by atoms with van der Waals surface area (Å²) in [5.41, 5.74) is 0. The first-order valence-corrected chi connectivity index (χ1v) is 10.4. The van der Waals surface area contributed by atoms with E-state index in [1.54, 1.807) is 0 Å². The summed E-state index contributed by atoms with van der Waals surface area (Å²) in [6, 6.07) is 0. The molecule has 0 N–H and O–H groups in total. The van der Waals surface area contributed by atoms with Crippen molar-refractivity contribution in [3.05, 3.63) is 19.1 Å². The fraction of sp³-hybridized carbons (Fsp3) is 0.864. The van der Waals surface area contributed by atoms with Crippen LogP contribution in [0, 0.1) is 6.92 Å². The maximum absolute atomic E-state index is 3.90. The van der Waals surface area contributed by atoms with Gasteiger partial charge in [0.15, 0.2) is 0 Å². The molecule has 0 bridgehead atoms. The quantitative estimate of drug-likeness (QED) is 0.176. The molecule has 0 rings (SSSR count). The summed E-state index contributed by atoms with van der Waals surface area (Å²) in [6.45, 7) is 6.17. The maximum Gasteiger partial charge on any atom is -0.0351 e. The van der Waals surface area contributed by atoms with E-state index >= 15 is 0 Å². The van der Waals surface area contributed by atoms with Crippen LogP contribution in [0.1, 0.15) is 122 Å². The van der Waals surface area contributed by atoms with Crippen LogP contribution in [0.3, 0.4) is 0 Å². The van der Waals surface area contributed by atoms with Crippen molar-refractivity contribution in [2.45, 2.75) is 122 Å². The molecule has 131 valence electrons. The van der Waals surface area contributed by atoms with Gasteiger partial charge in [-0.3, -0.25) is 0 Å². The highest BCUT2D eigenvalue weighted by Gasteiger charge is 1.93. The fourth-order valence-electron chi connectivity index (χ4n) is 2.95. The average molecular weight is 308 g/mol. The van der Waals surface area contributed by atoms with Gasteiger partial charge in [0.2, 0.25) is 0 Å². The standard InChI is InChI=1S/C22H43/c1-3-5-7-9-11-13-15-17-19-21-22-20-18-16-14-12-10-8-6-4-2/h12,14H,1,3-11,13,15-22H2,2H3. The number of rotatable bonds is 18. The van der Waals surface area contributed by atoms with Crippen molar-refractivity contribution in [1.29, 1.82) is 0 Å². The van der Waals surface area contributed by atoms with Crippen LogP contribution in [0.2, 0.25) is 0 Å². The highest BCUT2D eigenvalue weighted by Crippen LogP contribution is 2.13. The molecule has 0 amide bonds. The molecule has 0 aliphatic rings. The van der Waals surface area contributed by atoms with Crippen molar-refractivity contribution in [2.75, 3.05) is 0 Å². The first-order chi connectivity index (χ1) is 10.9. The maximum atomic E-state index is 3.90. The van der Waals surface area contributed by atoms with Gasteiger partial charge in [-0.2, -0.15) is 0 Å². The molecule has 0 nitrogen and oxygen atoms in total. The monoisotopic (exact) mass is 307 g/mol. The van der Waals surface area contributed by atoms with E-state index in [2.05, 4.69) is 26.0 Å². The molecule has 0 spiro atoms. The van der Waals surface area contributed by atoms with Crippen molar-refractivity contribution in [1.82, 2.24) is 0 Å². The molecule has 0 aliphatic carbocycles. The summed E-state index contributed by atoms with van der Waals surface area (Å²) in [5, 5.41) is 0. The molecule has 0 heteroatoms. The Morgan fingerprint density at radius 3 is 1.27 bits per heavy atom. The van der Waals surface area contributed by atoms with E-state index in [9.17, 15) is 0 Å². The molecular formula is C22H43. The van der Waals surface area contributed by atoms with E-state index in [4.69, 9.17) is 0 Å². The molecule has 0 aromatic heterocycles. The molecule has 0 saturated heterocycles. The summed E-state index contributed by atoms with van der Waals surface area (Å²) < 4.78 is 0. The van der Waals surface area contributed by atoms with Crippen LogP contribution >= 0.6 is 0 Å². The van der Waals surface area contributed by atoms with E-state index < -0.39 is 0 Å². The Bertz CT molecular complexity index is 204. The predicted octanol–water partition coefficient (Wildman–Crippen LogP) is 8.42. The summed E-state index contributed by atoms with van der Waals surface area (Å²) in [6.07, 6.45) is 29.8. The lowest BCUT2D eigenvalue weighted by molar-refractivity contribution is 0.542. The molecular weight excluding hydrogens is 264 g/mol. The highest BCUT2D eigenvalue weighted by molar-refractivity contribution is 4.81. The molecule has 0 aromatic rings. The van der Waals surface area contributed by atoms with Gasteiger partial charge in [-0.15, -0.1) is 0 Å². The second kappa shape index (κ2) is 20.7. The summed E-state index contributed by atoms with van der Waals surface area (Å²) in [4.78, 5) is 0. The number of allylic oxidation sites excluding steroid dienone is 2. The minimum Gasteiger partial charge on any atom is -0.0885 e. The van der Waals surface area contributed by atoms with Gasteiger partial charge in [0.25, 0.3) is 0 Å². The zero-order valence-corrected chi connectivity index (χ0v) is 15.6. The van der Waals surface area contributed by atoms with Gasteiger partial charge in [0.1, 0.15) is 0 Å². The molecule has 22 heavy (non-hydrogen) atoms. The molecule has 0 heterocycles. The molecule has 0 aliphatic heterocycles. The largest absolute Gasteiger partial charge is 0.0885 e. The third-order valence-corrected chi connectivity index (χ3v) is 4.51. The third-order valence-electron chi connectivity index (χ3n) is 4.51. The van der Waals surface area contributed by atoms with Crippen LogP contribution in [0.4, 0.5) is 0 Å². The van der Waals surface area contributed by atoms with Crippen molar-refractivity contribution in [3.63, 3.8) is 0 Å². The number of hydrogen-bond donors (Lipinski definition) is 0. The molecule has 1 radical (unpaired) electrons. The summed E-state index contributed by atoms with van der Waals surface area (Å²) in [5.74, 6) is 0. The smallest absolute Gasteiger partial charge is 0.0351 e. The Morgan fingerprint density at radius 1 is 0.500 bits per heavy atom. The minimum absolute atomic E-state index is 1.12. The Balaban J connectivity index is 2.99.